The van der Waals surface area contributed by atoms with E-state index in [9.17, 15) is 4.79 Å². The summed E-state index contributed by atoms with van der Waals surface area (Å²) in [4.78, 5) is 25.3. The molecular formula is C24H23ClN6O. The third-order valence-electron chi connectivity index (χ3n) is 5.49. The Morgan fingerprint density at radius 1 is 1.09 bits per heavy atom. The Bertz CT molecular complexity index is 1270. The second-order valence-electron chi connectivity index (χ2n) is 8.05. The molecule has 32 heavy (non-hydrogen) atoms. The Balaban J connectivity index is 1.17. The lowest BCUT2D eigenvalue weighted by molar-refractivity contribution is -0.116. The van der Waals surface area contributed by atoms with Crippen LogP contribution in [0.25, 0.3) is 5.65 Å². The largest absolute Gasteiger partial charge is 0.364 e. The van der Waals surface area contributed by atoms with E-state index in [0.29, 0.717) is 42.0 Å². The van der Waals surface area contributed by atoms with E-state index in [1.54, 1.807) is 6.07 Å². The average molecular weight is 447 g/mol. The Hall–Kier alpha value is -3.45. The van der Waals surface area contributed by atoms with Gasteiger partial charge in [-0.25, -0.2) is 15.0 Å². The monoisotopic (exact) mass is 446 g/mol. The molecule has 1 aromatic carbocycles. The number of anilines is 2. The van der Waals surface area contributed by atoms with Crippen LogP contribution in [-0.2, 0) is 17.8 Å². The molecule has 0 unspecified atom stereocenters. The van der Waals surface area contributed by atoms with Gasteiger partial charge in [-0.15, -0.1) is 0 Å². The van der Waals surface area contributed by atoms with E-state index in [2.05, 4.69) is 48.3 Å². The van der Waals surface area contributed by atoms with Crippen LogP contribution in [0.5, 0.6) is 0 Å². The van der Waals surface area contributed by atoms with E-state index in [1.807, 2.05) is 30.5 Å². The van der Waals surface area contributed by atoms with Crippen molar-refractivity contribution in [3.63, 3.8) is 0 Å². The van der Waals surface area contributed by atoms with E-state index >= 15 is 0 Å². The minimum Gasteiger partial charge on any atom is -0.364 e. The number of carbonyl (C=O) groups excluding carboxylic acids is 1. The van der Waals surface area contributed by atoms with Crippen LogP contribution in [0.2, 0.25) is 5.02 Å². The molecule has 3 heterocycles. The fourth-order valence-corrected chi connectivity index (χ4v) is 3.88. The zero-order valence-corrected chi connectivity index (χ0v) is 18.2. The number of aromatic nitrogens is 4. The van der Waals surface area contributed by atoms with Crippen molar-refractivity contribution in [2.45, 2.75) is 38.1 Å². The highest BCUT2D eigenvalue weighted by atomic mass is 35.5. The number of aryl methyl sites for hydroxylation is 1. The molecule has 1 aliphatic carbocycles. The highest BCUT2D eigenvalue weighted by molar-refractivity contribution is 6.30. The highest BCUT2D eigenvalue weighted by Crippen LogP contribution is 2.39. The van der Waals surface area contributed by atoms with Crippen LogP contribution in [0.3, 0.4) is 0 Å². The second-order valence-corrected chi connectivity index (χ2v) is 8.49. The Morgan fingerprint density at radius 2 is 1.97 bits per heavy atom. The topological polar surface area (TPSA) is 84.2 Å². The maximum absolute atomic E-state index is 12.3. The van der Waals surface area contributed by atoms with Gasteiger partial charge in [-0.05, 0) is 54.5 Å². The first-order valence-electron chi connectivity index (χ1n) is 10.7. The highest BCUT2D eigenvalue weighted by Gasteiger charge is 2.23. The third kappa shape index (κ3) is 5.06. The quantitative estimate of drug-likeness (QED) is 0.404. The maximum Gasteiger partial charge on any atom is 0.225 e. The van der Waals surface area contributed by atoms with Crippen molar-refractivity contribution < 1.29 is 4.79 Å². The molecule has 0 spiro atoms. The van der Waals surface area contributed by atoms with E-state index in [4.69, 9.17) is 11.6 Å². The predicted molar refractivity (Wildman–Crippen MR) is 125 cm³/mol. The van der Waals surface area contributed by atoms with Crippen LogP contribution >= 0.6 is 11.6 Å². The number of fused-ring (bicyclic) bond motifs is 1. The Labute approximate surface area is 190 Å². The summed E-state index contributed by atoms with van der Waals surface area (Å²) in [5, 5.41) is 6.75. The molecule has 0 atom stereocenters. The van der Waals surface area contributed by atoms with E-state index < -0.39 is 0 Å². The number of hydrogen-bond acceptors (Lipinski definition) is 5. The molecular weight excluding hydrogens is 424 g/mol. The van der Waals surface area contributed by atoms with E-state index in [1.165, 1.54) is 24.7 Å². The molecule has 2 N–H and O–H groups in total. The number of pyridine rings is 1. The Kier molecular flexibility index (Phi) is 5.73. The number of nitrogens with one attached hydrogen (secondary N) is 2. The third-order valence-corrected chi connectivity index (χ3v) is 5.72. The van der Waals surface area contributed by atoms with Crippen LogP contribution in [0.4, 0.5) is 11.6 Å². The van der Waals surface area contributed by atoms with Crippen molar-refractivity contribution in [1.82, 2.24) is 19.4 Å². The van der Waals surface area contributed by atoms with Crippen LogP contribution in [-0.4, -0.2) is 25.3 Å². The van der Waals surface area contributed by atoms with Crippen molar-refractivity contribution >= 4 is 34.8 Å². The normalized spacial score (nSPS) is 13.3. The van der Waals surface area contributed by atoms with Gasteiger partial charge >= 0.3 is 0 Å². The smallest absolute Gasteiger partial charge is 0.225 e. The first kappa shape index (κ1) is 20.5. The molecule has 0 bridgehead atoms. The lowest BCUT2D eigenvalue weighted by Crippen LogP contribution is -2.14. The summed E-state index contributed by atoms with van der Waals surface area (Å²) >= 11 is 6.00. The predicted octanol–water partition coefficient (Wildman–Crippen LogP) is 4.84. The number of benzene rings is 1. The van der Waals surface area contributed by atoms with E-state index in [0.717, 1.165) is 16.9 Å². The lowest BCUT2D eigenvalue weighted by Gasteiger charge is -2.07. The summed E-state index contributed by atoms with van der Waals surface area (Å²) in [6, 6.07) is 13.5. The molecule has 162 valence electrons. The summed E-state index contributed by atoms with van der Waals surface area (Å²) in [5.74, 6) is 1.69. The number of carbonyl (C=O) groups is 1. The fraction of sp³-hybridized carbons (Fsp3) is 0.250. The first-order valence-corrected chi connectivity index (χ1v) is 11.1. The van der Waals surface area contributed by atoms with Crippen LogP contribution in [0, 0.1) is 0 Å². The maximum atomic E-state index is 12.3. The molecule has 4 aromatic rings. The Morgan fingerprint density at radius 3 is 2.81 bits per heavy atom. The van der Waals surface area contributed by atoms with Gasteiger partial charge in [-0.1, -0.05) is 29.8 Å². The molecule has 1 aliphatic rings. The van der Waals surface area contributed by atoms with Gasteiger partial charge < -0.3 is 15.0 Å². The van der Waals surface area contributed by atoms with Gasteiger partial charge in [0.05, 0.1) is 12.2 Å². The number of halogens is 1. The SMILES string of the molecule is O=C(CCc1cccc(Cl)c1)Nc1cc(NCc2cn3cc(C4CC4)ccc3n2)ncn1. The lowest BCUT2D eigenvalue weighted by atomic mass is 10.1. The number of amides is 1. The molecule has 0 saturated heterocycles. The zero-order chi connectivity index (χ0) is 21.9. The first-order chi connectivity index (χ1) is 15.6. The van der Waals surface area contributed by atoms with Gasteiger partial charge in [0, 0.05) is 29.9 Å². The van der Waals surface area contributed by atoms with Gasteiger partial charge in [0.25, 0.3) is 0 Å². The summed E-state index contributed by atoms with van der Waals surface area (Å²) < 4.78 is 2.08. The summed E-state index contributed by atoms with van der Waals surface area (Å²) in [6.07, 6.45) is 9.15. The number of hydrogen-bond donors (Lipinski definition) is 2. The minimum atomic E-state index is -0.110. The number of rotatable bonds is 8. The van der Waals surface area contributed by atoms with Gasteiger partial charge in [-0.3, -0.25) is 4.79 Å². The molecule has 5 rings (SSSR count). The summed E-state index contributed by atoms with van der Waals surface area (Å²) in [7, 11) is 0. The molecule has 3 aromatic heterocycles. The van der Waals surface area contributed by atoms with Gasteiger partial charge in [0.2, 0.25) is 5.91 Å². The molecule has 8 heteroatoms. The van der Waals surface area contributed by atoms with Crippen molar-refractivity contribution in [3.8, 4) is 0 Å². The number of nitrogens with zero attached hydrogens (tertiary/aromatic N) is 4. The van der Waals surface area contributed by atoms with Crippen molar-refractivity contribution in [2.75, 3.05) is 10.6 Å². The molecule has 7 nitrogen and oxygen atoms in total. The molecule has 1 saturated carbocycles. The van der Waals surface area contributed by atoms with Gasteiger partial charge in [-0.2, -0.15) is 0 Å². The fourth-order valence-electron chi connectivity index (χ4n) is 3.66. The van der Waals surface area contributed by atoms with Crippen LogP contribution < -0.4 is 10.6 Å². The molecule has 1 amide bonds. The van der Waals surface area contributed by atoms with Gasteiger partial charge in [0.15, 0.2) is 0 Å². The molecule has 0 radical (unpaired) electrons. The van der Waals surface area contributed by atoms with E-state index in [-0.39, 0.29) is 5.91 Å². The molecule has 1 fully saturated rings. The molecule has 0 aliphatic heterocycles. The van der Waals surface area contributed by atoms with Crippen molar-refractivity contribution in [2.24, 2.45) is 0 Å². The second kappa shape index (κ2) is 8.96. The zero-order valence-electron chi connectivity index (χ0n) is 17.5. The van der Waals surface area contributed by atoms with Crippen LogP contribution in [0.15, 0.2) is 61.2 Å². The van der Waals surface area contributed by atoms with Gasteiger partial charge in [0.1, 0.15) is 23.6 Å². The van der Waals surface area contributed by atoms with Crippen LogP contribution in [0.1, 0.15) is 42.0 Å². The summed E-state index contributed by atoms with van der Waals surface area (Å²) in [6.45, 7) is 0.527. The minimum absolute atomic E-state index is 0.110. The average Bonchev–Trinajstić information content (AvgIpc) is 3.56. The van der Waals surface area contributed by atoms with Crippen molar-refractivity contribution in [3.05, 3.63) is 83.0 Å². The summed E-state index contributed by atoms with van der Waals surface area (Å²) in [5.41, 5.74) is 4.25. The number of imidazole rings is 1. The van der Waals surface area contributed by atoms with Crippen molar-refractivity contribution in [1.29, 1.82) is 0 Å². The standard InChI is InChI=1S/C24H23ClN6O/c25-19-3-1-2-16(10-19)4-9-24(32)30-22-11-21(27-15-28-22)26-12-20-14-31-13-18(17-5-6-17)7-8-23(31)29-20/h1-3,7-8,10-11,13-15,17H,4-6,9,12H2,(H2,26,27,28,30,32).